The van der Waals surface area contributed by atoms with Crippen LogP contribution in [0.15, 0.2) is 5.16 Å². The highest BCUT2D eigenvalue weighted by Gasteiger charge is 2.48. The molecule has 0 radical (unpaired) electrons. The normalized spacial score (nSPS) is 25.6. The van der Waals surface area contributed by atoms with Crippen molar-refractivity contribution < 1.29 is 23.2 Å². The maximum absolute atomic E-state index is 13.6. The molecule has 2 saturated carbocycles. The summed E-state index contributed by atoms with van der Waals surface area (Å²) < 4.78 is 27.3. The smallest absolute Gasteiger partial charge is 0.269 e. The first-order valence-electron chi connectivity index (χ1n) is 10.5. The van der Waals surface area contributed by atoms with Crippen LogP contribution in [0.5, 0.6) is 0 Å². The molecule has 2 aliphatic carbocycles. The van der Waals surface area contributed by atoms with Gasteiger partial charge in [-0.25, -0.2) is 8.78 Å². The van der Waals surface area contributed by atoms with Crippen molar-refractivity contribution in [3.8, 4) is 6.07 Å². The van der Waals surface area contributed by atoms with Gasteiger partial charge >= 0.3 is 0 Å². The van der Waals surface area contributed by atoms with E-state index in [4.69, 9.17) is 10.1 Å². The number of likely N-dealkylation sites (tertiary alicyclic amines) is 1. The first kappa shape index (κ1) is 21.0. The van der Waals surface area contributed by atoms with E-state index in [0.29, 0.717) is 32.2 Å². The van der Waals surface area contributed by atoms with Gasteiger partial charge in [0, 0.05) is 44.8 Å². The van der Waals surface area contributed by atoms with Gasteiger partial charge < -0.3 is 20.4 Å². The maximum atomic E-state index is 13.6. The van der Waals surface area contributed by atoms with Gasteiger partial charge in [0.2, 0.25) is 11.8 Å². The van der Waals surface area contributed by atoms with Crippen molar-refractivity contribution in [3.63, 3.8) is 0 Å². The van der Waals surface area contributed by atoms with Crippen molar-refractivity contribution in [2.45, 2.75) is 87.4 Å². The van der Waals surface area contributed by atoms with Crippen molar-refractivity contribution in [1.82, 2.24) is 15.5 Å². The summed E-state index contributed by atoms with van der Waals surface area (Å²) in [6.07, 6.45) is 4.36. The minimum absolute atomic E-state index is 0.119. The van der Waals surface area contributed by atoms with Crippen LogP contribution in [0, 0.1) is 11.3 Å². The third-order valence-corrected chi connectivity index (χ3v) is 6.38. The number of hydrogen-bond acceptors (Lipinski definition) is 6. The summed E-state index contributed by atoms with van der Waals surface area (Å²) in [6, 6.07) is 1.20. The fourth-order valence-electron chi connectivity index (χ4n) is 4.17. The van der Waals surface area contributed by atoms with Gasteiger partial charge in [0.05, 0.1) is 6.07 Å². The molecular weight excluding hydrogens is 396 g/mol. The predicted octanol–water partition coefficient (Wildman–Crippen LogP) is 1.46. The van der Waals surface area contributed by atoms with Crippen LogP contribution < -0.4 is 10.6 Å². The van der Waals surface area contributed by atoms with E-state index in [1.807, 2.05) is 6.07 Å². The van der Waals surface area contributed by atoms with Crippen LogP contribution in [0.25, 0.3) is 0 Å². The Morgan fingerprint density at radius 3 is 2.53 bits per heavy atom. The second kappa shape index (κ2) is 7.45. The summed E-state index contributed by atoms with van der Waals surface area (Å²) in [6.45, 7) is 2.46. The zero-order valence-corrected chi connectivity index (χ0v) is 17.0. The number of amides is 2. The van der Waals surface area contributed by atoms with E-state index >= 15 is 0 Å². The van der Waals surface area contributed by atoms with E-state index < -0.39 is 41.3 Å². The molecule has 1 spiro atoms. The average molecular weight is 423 g/mol. The molecule has 30 heavy (non-hydrogen) atoms. The number of nitriles is 1. The lowest BCUT2D eigenvalue weighted by Gasteiger charge is -2.37. The number of rotatable bonds is 7. The molecule has 1 saturated heterocycles. The highest BCUT2D eigenvalue weighted by molar-refractivity contribution is 6.39. The Morgan fingerprint density at radius 2 is 2.00 bits per heavy atom. The second-order valence-corrected chi connectivity index (χ2v) is 9.24. The molecule has 10 heteroatoms. The van der Waals surface area contributed by atoms with Crippen molar-refractivity contribution in [2.24, 2.45) is 5.16 Å². The first-order valence-corrected chi connectivity index (χ1v) is 10.5. The van der Waals surface area contributed by atoms with Gasteiger partial charge in [0.25, 0.3) is 5.91 Å². The third-order valence-electron chi connectivity index (χ3n) is 6.38. The number of piperidine rings is 1. The molecule has 2 N–H and O–H groups in total. The van der Waals surface area contributed by atoms with E-state index in [-0.39, 0.29) is 5.71 Å². The van der Waals surface area contributed by atoms with Crippen LogP contribution in [0.4, 0.5) is 8.78 Å². The van der Waals surface area contributed by atoms with Crippen LogP contribution in [0.2, 0.25) is 0 Å². The van der Waals surface area contributed by atoms with Gasteiger partial charge in [0.15, 0.2) is 0 Å². The Bertz CT molecular complexity index is 787. The minimum atomic E-state index is -3.16. The van der Waals surface area contributed by atoms with Crippen molar-refractivity contribution >= 4 is 17.5 Å². The SMILES string of the molecule is CC(F)(F)C[C@H](NC(=O)C1=NOC2(CCN(C3CC3)CC2)C1)C(=O)NC1(C#N)CC1. The highest BCUT2D eigenvalue weighted by atomic mass is 19.3. The molecule has 0 bridgehead atoms. The van der Waals surface area contributed by atoms with Gasteiger partial charge in [-0.1, -0.05) is 5.16 Å². The summed E-state index contributed by atoms with van der Waals surface area (Å²) in [5.41, 5.74) is -1.41. The van der Waals surface area contributed by atoms with Crippen LogP contribution in [0.3, 0.4) is 0 Å². The number of oxime groups is 1. The summed E-state index contributed by atoms with van der Waals surface area (Å²) in [4.78, 5) is 33.2. The van der Waals surface area contributed by atoms with E-state index in [1.165, 1.54) is 12.8 Å². The van der Waals surface area contributed by atoms with E-state index in [0.717, 1.165) is 25.9 Å². The Hall–Kier alpha value is -2.28. The average Bonchev–Trinajstić information content (AvgIpc) is 3.60. The number of hydrogen-bond donors (Lipinski definition) is 2. The number of nitrogens with one attached hydrogen (secondary N) is 2. The molecule has 4 aliphatic rings. The number of carbonyl (C=O) groups excluding carboxylic acids is 2. The molecule has 164 valence electrons. The second-order valence-electron chi connectivity index (χ2n) is 9.24. The molecule has 0 aromatic rings. The zero-order chi connectivity index (χ0) is 21.6. The fraction of sp³-hybridized carbons (Fsp3) is 0.800. The van der Waals surface area contributed by atoms with Gasteiger partial charge in [0.1, 0.15) is 22.9 Å². The summed E-state index contributed by atoms with van der Waals surface area (Å²) in [7, 11) is 0. The first-order chi connectivity index (χ1) is 14.1. The van der Waals surface area contributed by atoms with Crippen LogP contribution in [-0.2, 0) is 14.4 Å². The molecule has 0 unspecified atom stereocenters. The maximum Gasteiger partial charge on any atom is 0.269 e. The fourth-order valence-corrected chi connectivity index (χ4v) is 4.17. The van der Waals surface area contributed by atoms with Crippen molar-refractivity contribution in [2.75, 3.05) is 13.1 Å². The van der Waals surface area contributed by atoms with Gasteiger partial charge in [-0.2, -0.15) is 5.26 Å². The summed E-state index contributed by atoms with van der Waals surface area (Å²) in [5.74, 6) is -4.62. The minimum Gasteiger partial charge on any atom is -0.388 e. The van der Waals surface area contributed by atoms with Crippen LogP contribution in [-0.4, -0.2) is 64.7 Å². The topological polar surface area (TPSA) is 107 Å². The lowest BCUT2D eigenvalue weighted by atomic mass is 9.86. The number of nitrogens with zero attached hydrogens (tertiary/aromatic N) is 3. The van der Waals surface area contributed by atoms with Crippen LogP contribution in [0.1, 0.15) is 58.3 Å². The van der Waals surface area contributed by atoms with Crippen molar-refractivity contribution in [1.29, 1.82) is 5.26 Å². The monoisotopic (exact) mass is 423 g/mol. The molecular formula is C20H27F2N5O3. The Labute approximate surface area is 174 Å². The number of alkyl halides is 2. The zero-order valence-electron chi connectivity index (χ0n) is 17.0. The lowest BCUT2D eigenvalue weighted by molar-refractivity contribution is -0.129. The molecule has 0 aromatic carbocycles. The Kier molecular flexibility index (Phi) is 5.21. The standard InChI is InChI=1S/C20H27F2N5O3/c1-18(21,22)10-14(17(29)25-19(12-23)4-5-19)24-16(28)15-11-20(30-26-15)6-8-27(9-7-20)13-2-3-13/h13-14H,2-11H2,1H3,(H,24,28)(H,25,29)/t14-/m0/s1. The van der Waals surface area contributed by atoms with Crippen LogP contribution >= 0.6 is 0 Å². The lowest BCUT2D eigenvalue weighted by Crippen LogP contribution is -2.53. The van der Waals surface area contributed by atoms with E-state index in [1.54, 1.807) is 0 Å². The molecule has 2 heterocycles. The molecule has 1 atom stereocenters. The molecule has 2 aliphatic heterocycles. The highest BCUT2D eigenvalue weighted by Crippen LogP contribution is 2.38. The molecule has 2 amide bonds. The molecule has 0 aromatic heterocycles. The largest absolute Gasteiger partial charge is 0.388 e. The number of halogens is 2. The molecule has 3 fully saturated rings. The quantitative estimate of drug-likeness (QED) is 0.645. The molecule has 8 nitrogen and oxygen atoms in total. The number of carbonyl (C=O) groups is 2. The Balaban J connectivity index is 1.35. The van der Waals surface area contributed by atoms with E-state index in [9.17, 15) is 18.4 Å². The molecule has 4 rings (SSSR count). The predicted molar refractivity (Wildman–Crippen MR) is 103 cm³/mol. The van der Waals surface area contributed by atoms with Gasteiger partial charge in [-0.15, -0.1) is 0 Å². The van der Waals surface area contributed by atoms with Gasteiger partial charge in [-0.3, -0.25) is 9.59 Å². The summed E-state index contributed by atoms with van der Waals surface area (Å²) >= 11 is 0. The summed E-state index contributed by atoms with van der Waals surface area (Å²) in [5, 5.41) is 17.9. The van der Waals surface area contributed by atoms with Crippen molar-refractivity contribution in [3.05, 3.63) is 0 Å². The van der Waals surface area contributed by atoms with Gasteiger partial charge in [-0.05, 0) is 32.6 Å². The van der Waals surface area contributed by atoms with E-state index in [2.05, 4.69) is 20.7 Å². The Morgan fingerprint density at radius 1 is 1.33 bits per heavy atom. The third kappa shape index (κ3) is 4.72.